The fourth-order valence-corrected chi connectivity index (χ4v) is 0.916. The van der Waals surface area contributed by atoms with E-state index in [1.807, 2.05) is 0 Å². The first-order chi connectivity index (χ1) is 6.38. The predicted molar refractivity (Wildman–Crippen MR) is 52.5 cm³/mol. The minimum Gasteiger partial charge on any atom is -0.463 e. The van der Waals surface area contributed by atoms with Crippen molar-refractivity contribution in [2.24, 2.45) is 0 Å². The Kier molecular flexibility index (Phi) is 3.00. The minimum absolute atomic E-state index is 0.402. The molecule has 0 fully saturated rings. The lowest BCUT2D eigenvalue weighted by molar-refractivity contribution is 0.142. The third-order valence-electron chi connectivity index (χ3n) is 1.55. The van der Waals surface area contributed by atoms with E-state index in [9.17, 15) is 10.2 Å². The standard InChI is InChI=1S/C11H14O3/c1-8-4-5-10(14-8)9(12)6-7-11(2,3)13/h4-5,9,12-13H,1-3H3/t9-/m0/s1. The molecule has 76 valence electrons. The van der Waals surface area contributed by atoms with Crippen molar-refractivity contribution < 1.29 is 14.6 Å². The molecule has 0 bridgehead atoms. The van der Waals surface area contributed by atoms with Crippen LogP contribution in [0.5, 0.6) is 0 Å². The summed E-state index contributed by atoms with van der Waals surface area (Å²) in [5.74, 6) is 6.17. The molecule has 1 heterocycles. The molecule has 0 spiro atoms. The van der Waals surface area contributed by atoms with Gasteiger partial charge in [0.1, 0.15) is 17.1 Å². The number of hydrogen-bond donors (Lipinski definition) is 2. The fraction of sp³-hybridized carbons (Fsp3) is 0.455. The lowest BCUT2D eigenvalue weighted by Gasteiger charge is -2.07. The maximum absolute atomic E-state index is 9.52. The lowest BCUT2D eigenvalue weighted by Crippen LogP contribution is -2.15. The van der Waals surface area contributed by atoms with Crippen LogP contribution in [0.2, 0.25) is 0 Å². The summed E-state index contributed by atoms with van der Waals surface area (Å²) in [5.41, 5.74) is -1.09. The Balaban J connectivity index is 2.75. The fourth-order valence-electron chi connectivity index (χ4n) is 0.916. The molecule has 0 aliphatic heterocycles. The van der Waals surface area contributed by atoms with Gasteiger partial charge in [0.2, 0.25) is 0 Å². The van der Waals surface area contributed by atoms with Gasteiger partial charge in [-0.15, -0.1) is 0 Å². The number of aryl methyl sites for hydroxylation is 1. The molecule has 1 atom stereocenters. The van der Waals surface area contributed by atoms with Crippen LogP contribution in [0.25, 0.3) is 0 Å². The van der Waals surface area contributed by atoms with Gasteiger partial charge < -0.3 is 14.6 Å². The number of aliphatic hydroxyl groups is 2. The van der Waals surface area contributed by atoms with E-state index in [0.29, 0.717) is 5.76 Å². The summed E-state index contributed by atoms with van der Waals surface area (Å²) in [6.07, 6.45) is -0.977. The van der Waals surface area contributed by atoms with Crippen LogP contribution in [0.15, 0.2) is 16.5 Å². The number of furan rings is 1. The Labute approximate surface area is 83.4 Å². The van der Waals surface area contributed by atoms with Gasteiger partial charge >= 0.3 is 0 Å². The molecule has 1 aromatic rings. The monoisotopic (exact) mass is 194 g/mol. The van der Waals surface area contributed by atoms with Gasteiger partial charge in [-0.25, -0.2) is 0 Å². The Morgan fingerprint density at radius 3 is 2.50 bits per heavy atom. The van der Waals surface area contributed by atoms with Crippen molar-refractivity contribution in [2.45, 2.75) is 32.5 Å². The molecule has 0 amide bonds. The van der Waals surface area contributed by atoms with Gasteiger partial charge in [-0.3, -0.25) is 0 Å². The smallest absolute Gasteiger partial charge is 0.172 e. The summed E-state index contributed by atoms with van der Waals surface area (Å²) in [6, 6.07) is 3.42. The van der Waals surface area contributed by atoms with Crippen LogP contribution in [0.4, 0.5) is 0 Å². The van der Waals surface area contributed by atoms with E-state index >= 15 is 0 Å². The highest BCUT2D eigenvalue weighted by atomic mass is 16.4. The van der Waals surface area contributed by atoms with Gasteiger partial charge in [0.15, 0.2) is 6.10 Å². The summed E-state index contributed by atoms with van der Waals surface area (Å²) in [7, 11) is 0. The van der Waals surface area contributed by atoms with E-state index in [4.69, 9.17) is 4.42 Å². The zero-order valence-corrected chi connectivity index (χ0v) is 8.53. The first-order valence-electron chi connectivity index (χ1n) is 4.38. The SMILES string of the molecule is Cc1ccc([C@@H](O)C#CC(C)(C)O)o1. The molecule has 0 radical (unpaired) electrons. The molecule has 3 heteroatoms. The summed E-state index contributed by atoms with van der Waals surface area (Å²) in [6.45, 7) is 4.90. The van der Waals surface area contributed by atoms with Crippen molar-refractivity contribution in [3.8, 4) is 11.8 Å². The maximum atomic E-state index is 9.52. The van der Waals surface area contributed by atoms with E-state index in [2.05, 4.69) is 11.8 Å². The third kappa shape index (κ3) is 3.25. The average molecular weight is 194 g/mol. The minimum atomic E-state index is -1.09. The first kappa shape index (κ1) is 10.8. The van der Waals surface area contributed by atoms with E-state index in [-0.39, 0.29) is 0 Å². The number of hydrogen-bond acceptors (Lipinski definition) is 3. The summed E-state index contributed by atoms with van der Waals surface area (Å²) >= 11 is 0. The Bertz CT molecular complexity index is 360. The Hall–Kier alpha value is -1.24. The molecule has 1 aromatic heterocycles. The second-order valence-electron chi connectivity index (χ2n) is 3.68. The van der Waals surface area contributed by atoms with Gasteiger partial charge in [-0.05, 0) is 32.9 Å². The molecular weight excluding hydrogens is 180 g/mol. The summed E-state index contributed by atoms with van der Waals surface area (Å²) in [4.78, 5) is 0. The van der Waals surface area contributed by atoms with Gasteiger partial charge in [-0.1, -0.05) is 11.8 Å². The predicted octanol–water partition coefficient (Wildman–Crippen LogP) is 1.40. The quantitative estimate of drug-likeness (QED) is 0.664. The first-order valence-corrected chi connectivity index (χ1v) is 4.38. The van der Waals surface area contributed by atoms with E-state index in [1.165, 1.54) is 0 Å². The van der Waals surface area contributed by atoms with Crippen molar-refractivity contribution in [1.82, 2.24) is 0 Å². The lowest BCUT2D eigenvalue weighted by atomic mass is 10.1. The molecular formula is C11H14O3. The highest BCUT2D eigenvalue weighted by molar-refractivity contribution is 5.20. The van der Waals surface area contributed by atoms with Crippen LogP contribution in [0, 0.1) is 18.8 Å². The van der Waals surface area contributed by atoms with Crippen LogP contribution in [-0.4, -0.2) is 15.8 Å². The maximum Gasteiger partial charge on any atom is 0.172 e. The van der Waals surface area contributed by atoms with Gasteiger partial charge in [0, 0.05) is 0 Å². The second-order valence-corrected chi connectivity index (χ2v) is 3.68. The number of aliphatic hydroxyl groups excluding tert-OH is 1. The average Bonchev–Trinajstić information content (AvgIpc) is 2.46. The van der Waals surface area contributed by atoms with Crippen molar-refractivity contribution in [3.63, 3.8) is 0 Å². The topological polar surface area (TPSA) is 53.6 Å². The number of rotatable bonds is 1. The molecule has 2 N–H and O–H groups in total. The Morgan fingerprint density at radius 1 is 1.43 bits per heavy atom. The van der Waals surface area contributed by atoms with Crippen LogP contribution < -0.4 is 0 Å². The van der Waals surface area contributed by atoms with E-state index in [1.54, 1.807) is 32.9 Å². The van der Waals surface area contributed by atoms with Gasteiger partial charge in [0.25, 0.3) is 0 Å². The molecule has 1 rings (SSSR count). The van der Waals surface area contributed by atoms with Gasteiger partial charge in [0.05, 0.1) is 0 Å². The molecule has 0 saturated heterocycles. The van der Waals surface area contributed by atoms with E-state index in [0.717, 1.165) is 5.76 Å². The third-order valence-corrected chi connectivity index (χ3v) is 1.55. The van der Waals surface area contributed by atoms with Crippen molar-refractivity contribution in [3.05, 3.63) is 23.7 Å². The van der Waals surface area contributed by atoms with Crippen molar-refractivity contribution >= 4 is 0 Å². The van der Waals surface area contributed by atoms with Crippen LogP contribution in [0.3, 0.4) is 0 Å². The highest BCUT2D eigenvalue weighted by Crippen LogP contribution is 2.15. The molecule has 0 aliphatic carbocycles. The van der Waals surface area contributed by atoms with Crippen molar-refractivity contribution in [2.75, 3.05) is 0 Å². The molecule has 0 aliphatic rings. The largest absolute Gasteiger partial charge is 0.463 e. The second kappa shape index (κ2) is 3.87. The van der Waals surface area contributed by atoms with Crippen LogP contribution in [0.1, 0.15) is 31.5 Å². The zero-order valence-electron chi connectivity index (χ0n) is 8.53. The normalized spacial score (nSPS) is 13.2. The highest BCUT2D eigenvalue weighted by Gasteiger charge is 2.10. The van der Waals surface area contributed by atoms with Crippen LogP contribution >= 0.6 is 0 Å². The molecule has 0 aromatic carbocycles. The molecule has 14 heavy (non-hydrogen) atoms. The van der Waals surface area contributed by atoms with E-state index < -0.39 is 11.7 Å². The summed E-state index contributed by atoms with van der Waals surface area (Å²) < 4.78 is 5.18. The summed E-state index contributed by atoms with van der Waals surface area (Å²) in [5, 5.41) is 18.8. The van der Waals surface area contributed by atoms with Crippen molar-refractivity contribution in [1.29, 1.82) is 0 Å². The Morgan fingerprint density at radius 2 is 2.07 bits per heavy atom. The van der Waals surface area contributed by atoms with Gasteiger partial charge in [-0.2, -0.15) is 0 Å². The molecule has 0 unspecified atom stereocenters. The van der Waals surface area contributed by atoms with Crippen LogP contribution in [-0.2, 0) is 0 Å². The zero-order chi connectivity index (χ0) is 10.8. The molecule has 0 saturated carbocycles. The molecule has 3 nitrogen and oxygen atoms in total.